The second kappa shape index (κ2) is 5.35. The number of carbonyl (C=O) groups excluding carboxylic acids is 1. The van der Waals surface area contributed by atoms with E-state index >= 15 is 0 Å². The molecular weight excluding hydrogens is 292 g/mol. The van der Waals surface area contributed by atoms with E-state index in [-0.39, 0.29) is 17.4 Å². The molecular formula is C18H18N2O3. The number of carbonyl (C=O) groups is 1. The number of hydrogen-bond donors (Lipinski definition) is 1. The van der Waals surface area contributed by atoms with Crippen LogP contribution in [0.3, 0.4) is 0 Å². The molecule has 1 atom stereocenters. The summed E-state index contributed by atoms with van der Waals surface area (Å²) in [4.78, 5) is 18.4. The van der Waals surface area contributed by atoms with Crippen molar-refractivity contribution in [1.82, 2.24) is 9.88 Å². The van der Waals surface area contributed by atoms with Crippen molar-refractivity contribution in [3.63, 3.8) is 0 Å². The van der Waals surface area contributed by atoms with E-state index in [1.165, 1.54) is 6.20 Å². The molecule has 23 heavy (non-hydrogen) atoms. The highest BCUT2D eigenvalue weighted by Crippen LogP contribution is 2.52. The molecule has 118 valence electrons. The van der Waals surface area contributed by atoms with E-state index in [4.69, 9.17) is 4.74 Å². The summed E-state index contributed by atoms with van der Waals surface area (Å²) in [6.45, 7) is 1.07. The van der Waals surface area contributed by atoms with Crippen LogP contribution in [-0.2, 0) is 0 Å². The standard InChI is InChI=1S/C18H18N2O3/c21-15-11-20(12-18(15)8-9-18)17(22)13-6-7-16(19-10-13)23-14-4-2-1-3-5-14/h1-7,10,15,21H,8-9,11-12H2. The molecule has 1 N–H and O–H groups in total. The predicted molar refractivity (Wildman–Crippen MR) is 84.3 cm³/mol. The van der Waals surface area contributed by atoms with E-state index in [1.807, 2.05) is 30.3 Å². The van der Waals surface area contributed by atoms with Gasteiger partial charge < -0.3 is 14.7 Å². The van der Waals surface area contributed by atoms with Gasteiger partial charge in [-0.05, 0) is 31.0 Å². The Morgan fingerprint density at radius 2 is 2.00 bits per heavy atom. The average molecular weight is 310 g/mol. The number of likely N-dealkylation sites (tertiary alicyclic amines) is 1. The molecule has 1 unspecified atom stereocenters. The van der Waals surface area contributed by atoms with Crippen LogP contribution >= 0.6 is 0 Å². The van der Waals surface area contributed by atoms with Crippen molar-refractivity contribution in [2.45, 2.75) is 18.9 Å². The van der Waals surface area contributed by atoms with Gasteiger partial charge in [-0.1, -0.05) is 18.2 Å². The molecule has 2 aromatic rings. The van der Waals surface area contributed by atoms with Crippen molar-refractivity contribution < 1.29 is 14.6 Å². The molecule has 2 fully saturated rings. The third-order valence-electron chi connectivity index (χ3n) is 4.73. The maximum atomic E-state index is 12.5. The number of β-amino-alcohol motifs (C(OH)–C–C–N with tert-alkyl or cyclic N) is 1. The summed E-state index contributed by atoms with van der Waals surface area (Å²) in [5, 5.41) is 10.1. The molecule has 1 aliphatic carbocycles. The van der Waals surface area contributed by atoms with Gasteiger partial charge in [-0.15, -0.1) is 0 Å². The van der Waals surface area contributed by atoms with E-state index in [9.17, 15) is 9.90 Å². The van der Waals surface area contributed by atoms with Gasteiger partial charge >= 0.3 is 0 Å². The minimum Gasteiger partial charge on any atom is -0.439 e. The minimum absolute atomic E-state index is 0.0283. The van der Waals surface area contributed by atoms with Crippen LogP contribution in [0.1, 0.15) is 23.2 Å². The highest BCUT2D eigenvalue weighted by atomic mass is 16.5. The number of aliphatic hydroxyl groups excluding tert-OH is 1. The number of hydrogen-bond acceptors (Lipinski definition) is 4. The van der Waals surface area contributed by atoms with Gasteiger partial charge in [-0.2, -0.15) is 0 Å². The smallest absolute Gasteiger partial charge is 0.255 e. The Kier molecular flexibility index (Phi) is 3.31. The van der Waals surface area contributed by atoms with Gasteiger partial charge in [0.25, 0.3) is 5.91 Å². The van der Waals surface area contributed by atoms with E-state index < -0.39 is 0 Å². The van der Waals surface area contributed by atoms with Crippen LogP contribution in [0.15, 0.2) is 48.7 Å². The highest BCUT2D eigenvalue weighted by Gasteiger charge is 2.55. The zero-order chi connectivity index (χ0) is 15.9. The van der Waals surface area contributed by atoms with Gasteiger partial charge in [0.05, 0.1) is 11.7 Å². The van der Waals surface area contributed by atoms with Crippen LogP contribution in [0, 0.1) is 5.41 Å². The molecule has 1 saturated heterocycles. The number of rotatable bonds is 3. The van der Waals surface area contributed by atoms with E-state index in [0.29, 0.717) is 30.3 Å². The molecule has 5 nitrogen and oxygen atoms in total. The Morgan fingerprint density at radius 1 is 1.22 bits per heavy atom. The van der Waals surface area contributed by atoms with E-state index in [0.717, 1.165) is 12.8 Å². The lowest BCUT2D eigenvalue weighted by molar-refractivity contribution is 0.0764. The highest BCUT2D eigenvalue weighted by molar-refractivity contribution is 5.94. The third kappa shape index (κ3) is 2.68. The Morgan fingerprint density at radius 3 is 2.61 bits per heavy atom. The molecule has 2 heterocycles. The van der Waals surface area contributed by atoms with Gasteiger partial charge in [-0.25, -0.2) is 4.98 Å². The lowest BCUT2D eigenvalue weighted by Crippen LogP contribution is -2.29. The number of aromatic nitrogens is 1. The van der Waals surface area contributed by atoms with Crippen LogP contribution < -0.4 is 4.74 Å². The first kappa shape index (κ1) is 14.2. The monoisotopic (exact) mass is 310 g/mol. The largest absolute Gasteiger partial charge is 0.439 e. The topological polar surface area (TPSA) is 62.7 Å². The zero-order valence-electron chi connectivity index (χ0n) is 12.7. The number of ether oxygens (including phenoxy) is 1. The van der Waals surface area contributed by atoms with Crippen LogP contribution in [0.4, 0.5) is 0 Å². The molecule has 2 aliphatic rings. The maximum absolute atomic E-state index is 12.5. The number of benzene rings is 1. The lowest BCUT2D eigenvalue weighted by Gasteiger charge is -2.15. The summed E-state index contributed by atoms with van der Waals surface area (Å²) < 4.78 is 5.62. The van der Waals surface area contributed by atoms with Crippen molar-refractivity contribution >= 4 is 5.91 Å². The van der Waals surface area contributed by atoms with Gasteiger partial charge in [0.15, 0.2) is 0 Å². The van der Waals surface area contributed by atoms with Crippen molar-refractivity contribution in [3.8, 4) is 11.6 Å². The zero-order valence-corrected chi connectivity index (χ0v) is 12.7. The Labute approximate surface area is 134 Å². The Hall–Kier alpha value is -2.40. The first-order valence-electron chi connectivity index (χ1n) is 7.83. The van der Waals surface area contributed by atoms with Crippen molar-refractivity contribution in [3.05, 3.63) is 54.2 Å². The molecule has 5 heteroatoms. The summed E-state index contributed by atoms with van der Waals surface area (Å²) >= 11 is 0. The van der Waals surface area contributed by atoms with Gasteiger partial charge in [0.2, 0.25) is 5.88 Å². The number of nitrogens with zero attached hydrogens (tertiary/aromatic N) is 2. The molecule has 0 bridgehead atoms. The minimum atomic E-state index is -0.389. The number of para-hydroxylation sites is 1. The SMILES string of the molecule is O=C(c1ccc(Oc2ccccc2)nc1)N1CC(O)C2(CC2)C1. The predicted octanol–water partition coefficient (Wildman–Crippen LogP) is 2.47. The Bertz CT molecular complexity index is 711. The van der Waals surface area contributed by atoms with Crippen LogP contribution in [0.5, 0.6) is 11.6 Å². The molecule has 0 radical (unpaired) electrons. The van der Waals surface area contributed by atoms with Gasteiger partial charge in [-0.3, -0.25) is 4.79 Å². The first-order chi connectivity index (χ1) is 11.2. The Balaban J connectivity index is 1.45. The van der Waals surface area contributed by atoms with Crippen molar-refractivity contribution in [2.24, 2.45) is 5.41 Å². The summed E-state index contributed by atoms with van der Waals surface area (Å²) in [6, 6.07) is 12.8. The molecule has 1 aromatic carbocycles. The fourth-order valence-corrected chi connectivity index (χ4v) is 3.12. The molecule has 1 saturated carbocycles. The van der Waals surface area contributed by atoms with E-state index in [2.05, 4.69) is 4.98 Å². The first-order valence-corrected chi connectivity index (χ1v) is 7.83. The summed E-state index contributed by atoms with van der Waals surface area (Å²) in [6.07, 6.45) is 3.17. The summed E-state index contributed by atoms with van der Waals surface area (Å²) in [5.41, 5.74) is 0.495. The maximum Gasteiger partial charge on any atom is 0.255 e. The molecule has 1 aromatic heterocycles. The van der Waals surface area contributed by atoms with Crippen molar-refractivity contribution in [2.75, 3.05) is 13.1 Å². The second-order valence-electron chi connectivity index (χ2n) is 6.36. The normalized spacial score (nSPS) is 21.4. The fourth-order valence-electron chi connectivity index (χ4n) is 3.12. The average Bonchev–Trinajstić information content (AvgIpc) is 3.28. The number of pyridine rings is 1. The van der Waals surface area contributed by atoms with Crippen LogP contribution in [0.2, 0.25) is 0 Å². The van der Waals surface area contributed by atoms with Gasteiger partial charge in [0, 0.05) is 30.8 Å². The third-order valence-corrected chi connectivity index (χ3v) is 4.73. The lowest BCUT2D eigenvalue weighted by atomic mass is 10.0. The summed E-state index contributed by atoms with van der Waals surface area (Å²) in [7, 11) is 0. The molecule has 4 rings (SSSR count). The number of amides is 1. The number of aliphatic hydroxyl groups is 1. The van der Waals surface area contributed by atoms with Crippen molar-refractivity contribution in [1.29, 1.82) is 0 Å². The van der Waals surface area contributed by atoms with E-state index in [1.54, 1.807) is 17.0 Å². The van der Waals surface area contributed by atoms with Crippen LogP contribution in [-0.4, -0.2) is 40.1 Å². The fraction of sp³-hybridized carbons (Fsp3) is 0.333. The molecule has 1 amide bonds. The summed E-state index contributed by atoms with van der Waals surface area (Å²) in [5.74, 6) is 1.08. The molecule has 1 spiro atoms. The quantitative estimate of drug-likeness (QED) is 0.946. The second-order valence-corrected chi connectivity index (χ2v) is 6.36. The van der Waals surface area contributed by atoms with Gasteiger partial charge in [0.1, 0.15) is 5.75 Å². The van der Waals surface area contributed by atoms with Crippen LogP contribution in [0.25, 0.3) is 0 Å². The molecule has 1 aliphatic heterocycles.